The van der Waals surface area contributed by atoms with Gasteiger partial charge in [0.1, 0.15) is 28.6 Å². The van der Waals surface area contributed by atoms with Crippen LogP contribution < -0.4 is 14.2 Å². The predicted molar refractivity (Wildman–Crippen MR) is 161 cm³/mol. The average molecular weight is 635 g/mol. The molecule has 0 spiro atoms. The second-order valence-corrected chi connectivity index (χ2v) is 12.7. The smallest absolute Gasteiger partial charge is 0.338 e. The van der Waals surface area contributed by atoms with Gasteiger partial charge in [-0.25, -0.2) is 14.2 Å². The number of benzene rings is 2. The number of piperidine rings is 1. The van der Waals surface area contributed by atoms with Crippen LogP contribution in [-0.4, -0.2) is 65.4 Å². The minimum Gasteiger partial charge on any atom is -0.494 e. The number of rotatable bonds is 8. The first kappa shape index (κ1) is 28.5. The van der Waals surface area contributed by atoms with Crippen LogP contribution in [0.5, 0.6) is 17.2 Å². The third kappa shape index (κ3) is 4.71. The van der Waals surface area contributed by atoms with Gasteiger partial charge in [0.25, 0.3) is 5.79 Å². The van der Waals surface area contributed by atoms with Crippen LogP contribution in [0.1, 0.15) is 46.7 Å². The molecule has 0 radical (unpaired) electrons. The summed E-state index contributed by atoms with van der Waals surface area (Å²) < 4.78 is 46.5. The highest BCUT2D eigenvalue weighted by Gasteiger charge is 2.59. The van der Waals surface area contributed by atoms with Gasteiger partial charge in [-0.15, -0.1) is 0 Å². The first-order valence-electron chi connectivity index (χ1n) is 15.1. The van der Waals surface area contributed by atoms with Crippen molar-refractivity contribution in [2.24, 2.45) is 11.8 Å². The number of imidazole rings is 1. The van der Waals surface area contributed by atoms with Crippen molar-refractivity contribution < 1.29 is 32.9 Å². The highest BCUT2D eigenvalue weighted by atomic mass is 35.5. The Balaban J connectivity index is 1.04. The molecular weight excluding hydrogens is 603 g/mol. The summed E-state index contributed by atoms with van der Waals surface area (Å²) in [6, 6.07) is 10.0. The summed E-state index contributed by atoms with van der Waals surface area (Å²) in [5.41, 5.74) is 3.04. The highest BCUT2D eigenvalue weighted by Crippen LogP contribution is 2.63. The number of hydrogen-bond acceptors (Lipinski definition) is 9. The van der Waals surface area contributed by atoms with Gasteiger partial charge >= 0.3 is 5.97 Å². The first-order chi connectivity index (χ1) is 21.8. The zero-order chi connectivity index (χ0) is 31.0. The summed E-state index contributed by atoms with van der Waals surface area (Å²) in [5, 5.41) is 0.511. The molecule has 0 N–H and O–H groups in total. The van der Waals surface area contributed by atoms with Crippen molar-refractivity contribution >= 4 is 28.6 Å². The molecule has 1 aliphatic carbocycles. The number of carbonyl (C=O) groups is 1. The van der Waals surface area contributed by atoms with Crippen LogP contribution in [-0.2, 0) is 28.4 Å². The van der Waals surface area contributed by atoms with Gasteiger partial charge in [0.05, 0.1) is 49.5 Å². The molecule has 2 unspecified atom stereocenters. The lowest BCUT2D eigenvalue weighted by Gasteiger charge is -2.28. The molecule has 3 aliphatic heterocycles. The molecule has 4 aromatic rings. The second kappa shape index (κ2) is 10.6. The van der Waals surface area contributed by atoms with Crippen molar-refractivity contribution in [3.8, 4) is 17.2 Å². The lowest BCUT2D eigenvalue weighted by atomic mass is 10.0. The Kier molecular flexibility index (Phi) is 6.70. The van der Waals surface area contributed by atoms with Crippen LogP contribution in [0.2, 0.25) is 5.02 Å². The summed E-state index contributed by atoms with van der Waals surface area (Å²) in [5.74, 6) is 1.05. The fourth-order valence-electron chi connectivity index (χ4n) is 7.18. The summed E-state index contributed by atoms with van der Waals surface area (Å²) in [7, 11) is 2.93. The lowest BCUT2D eigenvalue weighted by molar-refractivity contribution is -0.0721. The molecule has 2 aromatic heterocycles. The van der Waals surface area contributed by atoms with E-state index >= 15 is 4.39 Å². The van der Waals surface area contributed by atoms with Crippen LogP contribution in [0.25, 0.3) is 11.0 Å². The van der Waals surface area contributed by atoms with Gasteiger partial charge in [-0.1, -0.05) is 11.6 Å². The second-order valence-electron chi connectivity index (χ2n) is 12.3. The van der Waals surface area contributed by atoms with E-state index in [9.17, 15) is 4.79 Å². The molecule has 0 bridgehead atoms. The zero-order valence-corrected chi connectivity index (χ0v) is 25.8. The summed E-state index contributed by atoms with van der Waals surface area (Å²) >= 11 is 6.03. The van der Waals surface area contributed by atoms with E-state index in [0.29, 0.717) is 57.7 Å². The molecule has 12 heteroatoms. The Bertz CT molecular complexity index is 1820. The highest BCUT2D eigenvalue weighted by molar-refractivity contribution is 6.30. The maximum Gasteiger partial charge on any atom is 0.338 e. The number of nitrogens with zero attached hydrogens (tertiary/aromatic N) is 4. The third-order valence-electron chi connectivity index (χ3n) is 9.59. The minimum atomic E-state index is -1.18. The van der Waals surface area contributed by atoms with Crippen molar-refractivity contribution in [1.29, 1.82) is 0 Å². The Morgan fingerprint density at radius 2 is 1.96 bits per heavy atom. The van der Waals surface area contributed by atoms with Gasteiger partial charge < -0.3 is 28.3 Å². The Labute approximate surface area is 263 Å². The molecule has 0 amide bonds. The molecule has 2 saturated heterocycles. The molecule has 5 heterocycles. The largest absolute Gasteiger partial charge is 0.494 e. The van der Waals surface area contributed by atoms with Gasteiger partial charge in [0, 0.05) is 38.4 Å². The molecule has 2 aromatic carbocycles. The quantitative estimate of drug-likeness (QED) is 0.239. The number of aromatic nitrogens is 3. The van der Waals surface area contributed by atoms with Crippen molar-refractivity contribution in [1.82, 2.24) is 19.4 Å². The van der Waals surface area contributed by atoms with Crippen molar-refractivity contribution in [3.63, 3.8) is 0 Å². The van der Waals surface area contributed by atoms with E-state index in [4.69, 9.17) is 40.3 Å². The summed E-state index contributed by atoms with van der Waals surface area (Å²) in [6.45, 7) is 5.34. The van der Waals surface area contributed by atoms with Crippen molar-refractivity contribution in [2.75, 3.05) is 33.9 Å². The van der Waals surface area contributed by atoms with Crippen LogP contribution in [0, 0.1) is 17.7 Å². The van der Waals surface area contributed by atoms with E-state index in [0.717, 1.165) is 37.5 Å². The number of halogens is 2. The van der Waals surface area contributed by atoms with Gasteiger partial charge in [0.15, 0.2) is 11.5 Å². The number of methoxy groups -OCH3 is 2. The van der Waals surface area contributed by atoms with Crippen molar-refractivity contribution in [2.45, 2.75) is 44.2 Å². The normalized spacial score (nSPS) is 26.5. The molecular formula is C33H32ClFN4O6. The Morgan fingerprint density at radius 1 is 1.16 bits per heavy atom. The summed E-state index contributed by atoms with van der Waals surface area (Å²) in [6.07, 6.45) is 2.60. The molecule has 1 saturated carbocycles. The molecule has 4 aliphatic rings. The predicted octanol–water partition coefficient (Wildman–Crippen LogP) is 5.30. The van der Waals surface area contributed by atoms with E-state index in [-0.39, 0.29) is 29.7 Å². The van der Waals surface area contributed by atoms with Gasteiger partial charge in [-0.2, -0.15) is 0 Å². The fourth-order valence-corrected chi connectivity index (χ4v) is 7.30. The summed E-state index contributed by atoms with van der Waals surface area (Å²) in [4.78, 5) is 24.2. The van der Waals surface area contributed by atoms with Crippen LogP contribution in [0.4, 0.5) is 4.39 Å². The molecule has 45 heavy (non-hydrogen) atoms. The van der Waals surface area contributed by atoms with Gasteiger partial charge in [-0.05, 0) is 60.6 Å². The zero-order valence-electron chi connectivity index (χ0n) is 25.1. The Morgan fingerprint density at radius 3 is 2.62 bits per heavy atom. The number of esters is 1. The average Bonchev–Trinajstić information content (AvgIpc) is 3.31. The topological polar surface area (TPSA) is 97.2 Å². The molecule has 234 valence electrons. The molecule has 8 rings (SSSR count). The number of carbonyl (C=O) groups excluding carboxylic acids is 1. The Hall–Kier alpha value is -3.93. The number of fused-ring (bicyclic) bond motifs is 3. The monoisotopic (exact) mass is 634 g/mol. The lowest BCUT2D eigenvalue weighted by Crippen LogP contribution is -2.33. The fraction of sp³-hybridized carbons (Fsp3) is 0.424. The number of ether oxygens (including phenoxy) is 5. The molecule has 5 atom stereocenters. The van der Waals surface area contributed by atoms with E-state index in [1.165, 1.54) is 13.2 Å². The first-order valence-corrected chi connectivity index (χ1v) is 15.5. The third-order valence-corrected chi connectivity index (χ3v) is 9.81. The van der Waals surface area contributed by atoms with Gasteiger partial charge in [-0.3, -0.25) is 9.88 Å². The SMILES string of the molecule is COC(=O)c1cc(OC)c2nc(CN3C[C@@H]4C(c5c(F)ccc6c5OC(C)(c5ccc(Cl)cn5)O6)[C@@H]4C3)n(C[C@@H]3CCO3)c2c1. The standard InChI is InChI=1S/C33H32ClFN4O6/c1-33(26-7-4-18(34)12-36-26)44-24-6-5-22(35)29(31(24)45-33)28-20-14-38(15-21(20)28)16-27-37-30-23(39(27)13-19-8-9-43-19)10-17(32(40)42-3)11-25(30)41-2/h4-7,10-12,19-21,28H,8-9,13-16H2,1-3H3/t19-,20-,21+,28?,33?/m0/s1. The number of hydrogen-bond donors (Lipinski definition) is 0. The molecule has 3 fully saturated rings. The van der Waals surface area contributed by atoms with E-state index < -0.39 is 11.8 Å². The van der Waals surface area contributed by atoms with E-state index in [1.54, 1.807) is 44.5 Å². The molecule has 10 nitrogen and oxygen atoms in total. The van der Waals surface area contributed by atoms with Crippen LogP contribution >= 0.6 is 11.6 Å². The van der Waals surface area contributed by atoms with Crippen molar-refractivity contribution in [3.05, 3.63) is 76.1 Å². The minimum absolute atomic E-state index is 0.0326. The van der Waals surface area contributed by atoms with E-state index in [2.05, 4.69) is 14.5 Å². The van der Waals surface area contributed by atoms with Gasteiger partial charge in [0.2, 0.25) is 0 Å². The maximum atomic E-state index is 15.5. The van der Waals surface area contributed by atoms with Crippen LogP contribution in [0.15, 0.2) is 42.6 Å². The van der Waals surface area contributed by atoms with E-state index in [1.807, 2.05) is 6.07 Å². The van der Waals surface area contributed by atoms with Crippen LogP contribution in [0.3, 0.4) is 0 Å². The number of pyridine rings is 1. The number of likely N-dealkylation sites (tertiary alicyclic amines) is 1. The maximum absolute atomic E-state index is 15.5.